The van der Waals surface area contributed by atoms with Gasteiger partial charge in [0.2, 0.25) is 0 Å². The third-order valence-electron chi connectivity index (χ3n) is 7.10. The van der Waals surface area contributed by atoms with Gasteiger partial charge in [-0.2, -0.15) is 0 Å². The van der Waals surface area contributed by atoms with Crippen LogP contribution in [0, 0.1) is 11.6 Å². The molecule has 35 heavy (non-hydrogen) atoms. The first kappa shape index (κ1) is 22.3. The van der Waals surface area contributed by atoms with Gasteiger partial charge in [0, 0.05) is 0 Å². The van der Waals surface area contributed by atoms with Crippen molar-refractivity contribution >= 4 is 25.3 Å². The van der Waals surface area contributed by atoms with Gasteiger partial charge in [0.1, 0.15) is 0 Å². The number of hydrogen-bond acceptors (Lipinski definition) is 4. The van der Waals surface area contributed by atoms with Gasteiger partial charge in [0.15, 0.2) is 0 Å². The number of nitrogens with zero attached hydrogens (tertiary/aromatic N) is 3. The van der Waals surface area contributed by atoms with Gasteiger partial charge in [-0.15, -0.1) is 0 Å². The molecule has 0 radical (unpaired) electrons. The number of piperidine rings is 1. The van der Waals surface area contributed by atoms with Crippen LogP contribution in [0.5, 0.6) is 5.75 Å². The first-order valence-corrected chi connectivity index (χ1v) is 13.7. The molecule has 1 fully saturated rings. The fraction of sp³-hybridized carbons (Fsp3) is 0.308. The Morgan fingerprint density at radius 2 is 1.86 bits per heavy atom. The van der Waals surface area contributed by atoms with E-state index in [2.05, 4.69) is 5.01 Å². The number of hydrogen-bond donors (Lipinski definition) is 0. The first-order chi connectivity index (χ1) is 17.0. The number of halogens is 2. The van der Waals surface area contributed by atoms with Crippen LogP contribution >= 0.6 is 0 Å². The second kappa shape index (κ2) is 8.50. The van der Waals surface area contributed by atoms with Crippen LogP contribution in [0.25, 0.3) is 0 Å². The molecule has 1 saturated heterocycles. The number of fused-ring (bicyclic) bond motifs is 4. The molecular formula is C26H23F2N3O3Se. The SMILES string of the molecule is COc1c2n(ccc1=O)N([C@@H]1c3ccccc3[Se]Cc3c1ccc(F)c3F)[C@@H]1CCCCN1C2=O. The van der Waals surface area contributed by atoms with Crippen LogP contribution in [0.3, 0.4) is 0 Å². The predicted molar refractivity (Wildman–Crippen MR) is 128 cm³/mol. The van der Waals surface area contributed by atoms with Gasteiger partial charge in [-0.1, -0.05) is 0 Å². The summed E-state index contributed by atoms with van der Waals surface area (Å²) in [7, 11) is 1.38. The van der Waals surface area contributed by atoms with E-state index < -0.39 is 17.7 Å². The molecule has 3 aromatic rings. The van der Waals surface area contributed by atoms with Crippen molar-refractivity contribution in [1.82, 2.24) is 9.58 Å². The van der Waals surface area contributed by atoms with E-state index in [4.69, 9.17) is 4.74 Å². The monoisotopic (exact) mass is 543 g/mol. The van der Waals surface area contributed by atoms with E-state index in [1.807, 2.05) is 24.3 Å². The summed E-state index contributed by atoms with van der Waals surface area (Å²) in [5.74, 6) is -1.93. The van der Waals surface area contributed by atoms with Gasteiger partial charge < -0.3 is 0 Å². The second-order valence-electron chi connectivity index (χ2n) is 8.92. The minimum atomic E-state index is -0.858. The van der Waals surface area contributed by atoms with Gasteiger partial charge >= 0.3 is 207 Å². The van der Waals surface area contributed by atoms with E-state index in [0.29, 0.717) is 23.0 Å². The molecule has 9 heteroatoms. The van der Waals surface area contributed by atoms with Crippen LogP contribution in [-0.4, -0.2) is 50.3 Å². The molecule has 0 saturated carbocycles. The van der Waals surface area contributed by atoms with Gasteiger partial charge in [-0.25, -0.2) is 0 Å². The summed E-state index contributed by atoms with van der Waals surface area (Å²) in [5.41, 5.74) is 1.84. The molecule has 3 aliphatic heterocycles. The molecule has 2 aromatic carbocycles. The molecule has 6 rings (SSSR count). The van der Waals surface area contributed by atoms with E-state index in [1.165, 1.54) is 19.2 Å². The zero-order valence-electron chi connectivity index (χ0n) is 19.0. The number of ether oxygens (including phenoxy) is 1. The number of methoxy groups -OCH3 is 1. The molecule has 2 atom stereocenters. The summed E-state index contributed by atoms with van der Waals surface area (Å²) in [6, 6.07) is 11.7. The van der Waals surface area contributed by atoms with Gasteiger partial charge in [-0.05, 0) is 0 Å². The summed E-state index contributed by atoms with van der Waals surface area (Å²) >= 11 is -0.101. The van der Waals surface area contributed by atoms with Crippen molar-refractivity contribution in [2.45, 2.75) is 36.8 Å². The Kier molecular flexibility index (Phi) is 5.42. The zero-order chi connectivity index (χ0) is 24.3. The fourth-order valence-corrected chi connectivity index (χ4v) is 7.88. The molecule has 6 nitrogen and oxygen atoms in total. The maximum atomic E-state index is 15.2. The molecule has 0 bridgehead atoms. The molecule has 3 aliphatic rings. The second-order valence-corrected chi connectivity index (χ2v) is 11.1. The van der Waals surface area contributed by atoms with Crippen LogP contribution in [0.1, 0.15) is 52.5 Å². The van der Waals surface area contributed by atoms with Crippen LogP contribution < -0.4 is 19.6 Å². The average molecular weight is 542 g/mol. The summed E-state index contributed by atoms with van der Waals surface area (Å²) < 4.78 is 37.8. The molecule has 180 valence electrons. The topological polar surface area (TPSA) is 54.8 Å². The minimum absolute atomic E-state index is 0.0110. The predicted octanol–water partition coefficient (Wildman–Crippen LogP) is 2.67. The molecular weight excluding hydrogens is 519 g/mol. The summed E-state index contributed by atoms with van der Waals surface area (Å²) in [4.78, 5) is 28.0. The number of pyridine rings is 1. The number of aromatic nitrogens is 1. The summed E-state index contributed by atoms with van der Waals surface area (Å²) in [6.07, 6.45) is 3.81. The number of carbonyl (C=O) groups is 1. The van der Waals surface area contributed by atoms with Crippen LogP contribution in [0.2, 0.25) is 0 Å². The van der Waals surface area contributed by atoms with Crippen molar-refractivity contribution in [1.29, 1.82) is 0 Å². The Bertz CT molecular complexity index is 1410. The van der Waals surface area contributed by atoms with Crippen molar-refractivity contribution in [2.24, 2.45) is 0 Å². The van der Waals surface area contributed by atoms with Crippen molar-refractivity contribution in [3.05, 3.63) is 92.9 Å². The molecule has 0 N–H and O–H groups in total. The Hall–Kier alpha value is -3.16. The Balaban J connectivity index is 1.68. The summed E-state index contributed by atoms with van der Waals surface area (Å²) in [6.45, 7) is 0.551. The number of amides is 1. The van der Waals surface area contributed by atoms with E-state index in [9.17, 15) is 14.0 Å². The zero-order valence-corrected chi connectivity index (χ0v) is 20.8. The quantitative estimate of drug-likeness (QED) is 0.468. The summed E-state index contributed by atoms with van der Waals surface area (Å²) in [5, 5.41) is 2.50. The third kappa shape index (κ3) is 3.32. The van der Waals surface area contributed by atoms with Crippen molar-refractivity contribution < 1.29 is 18.3 Å². The Morgan fingerprint density at radius 3 is 2.69 bits per heavy atom. The number of benzene rings is 2. The third-order valence-corrected chi connectivity index (χ3v) is 9.45. The average Bonchev–Trinajstić information content (AvgIpc) is 3.04. The van der Waals surface area contributed by atoms with Crippen LogP contribution in [-0.2, 0) is 5.32 Å². The van der Waals surface area contributed by atoms with E-state index in [0.717, 1.165) is 29.3 Å². The van der Waals surface area contributed by atoms with Gasteiger partial charge in [0.25, 0.3) is 0 Å². The maximum absolute atomic E-state index is 15.2. The molecule has 0 aliphatic carbocycles. The van der Waals surface area contributed by atoms with Gasteiger partial charge in [-0.3, -0.25) is 0 Å². The molecule has 0 unspecified atom stereocenters. The van der Waals surface area contributed by atoms with Gasteiger partial charge in [0.05, 0.1) is 0 Å². The number of carbonyl (C=O) groups excluding carboxylic acids is 1. The van der Waals surface area contributed by atoms with E-state index in [-0.39, 0.29) is 43.9 Å². The van der Waals surface area contributed by atoms with Crippen molar-refractivity contribution in [2.75, 3.05) is 18.7 Å². The normalized spacial score (nSPS) is 20.9. The van der Waals surface area contributed by atoms with Crippen LogP contribution in [0.4, 0.5) is 8.78 Å². The molecule has 1 amide bonds. The standard InChI is InChI=1S/C26H23F2N3O3Se/c1-34-25-19(32)11-13-30-24(25)26(33)29-12-5-4-8-21(29)31(30)23-15-9-10-18(27)22(28)17(15)14-35-20-7-3-2-6-16(20)23/h2-3,6-7,9-11,13,21,23H,4-5,8,12,14H2,1H3/t21-,23+/m1/s1. The van der Waals surface area contributed by atoms with Crippen molar-refractivity contribution in [3.63, 3.8) is 0 Å². The van der Waals surface area contributed by atoms with E-state index in [1.54, 1.807) is 21.8 Å². The molecule has 0 spiro atoms. The Labute approximate surface area is 207 Å². The van der Waals surface area contributed by atoms with Crippen molar-refractivity contribution in [3.8, 4) is 5.75 Å². The molecule has 4 heterocycles. The first-order valence-electron chi connectivity index (χ1n) is 11.6. The Morgan fingerprint density at radius 1 is 1.03 bits per heavy atom. The number of rotatable bonds is 2. The molecule has 1 aromatic heterocycles. The van der Waals surface area contributed by atoms with E-state index >= 15 is 4.39 Å². The fourth-order valence-electron chi connectivity index (χ4n) is 5.55. The van der Waals surface area contributed by atoms with Crippen LogP contribution in [0.15, 0.2) is 53.5 Å².